The van der Waals surface area contributed by atoms with E-state index in [9.17, 15) is 4.79 Å². The van der Waals surface area contributed by atoms with Crippen molar-refractivity contribution in [3.05, 3.63) is 60.0 Å². The minimum Gasteiger partial charge on any atom is -0.493 e. The van der Waals surface area contributed by atoms with Gasteiger partial charge in [0.05, 0.1) is 14.2 Å². The molecule has 1 fully saturated rings. The minimum atomic E-state index is 0.118. The van der Waals surface area contributed by atoms with Crippen LogP contribution in [0.3, 0.4) is 0 Å². The van der Waals surface area contributed by atoms with Crippen LogP contribution in [0.1, 0.15) is 43.6 Å². The van der Waals surface area contributed by atoms with Gasteiger partial charge in [-0.3, -0.25) is 4.79 Å². The van der Waals surface area contributed by atoms with Crippen molar-refractivity contribution in [2.45, 2.75) is 45.1 Å². The Morgan fingerprint density at radius 1 is 1.03 bits per heavy atom. The van der Waals surface area contributed by atoms with E-state index in [2.05, 4.69) is 22.3 Å². The molecule has 174 valence electrons. The molecule has 0 aliphatic heterocycles. The molecule has 1 heterocycles. The van der Waals surface area contributed by atoms with Crippen LogP contribution in [0.2, 0.25) is 0 Å². The lowest BCUT2D eigenvalue weighted by Crippen LogP contribution is -2.38. The van der Waals surface area contributed by atoms with Gasteiger partial charge in [0.15, 0.2) is 11.5 Å². The Labute approximate surface area is 194 Å². The normalized spacial score (nSPS) is 14.1. The number of benzene rings is 2. The molecule has 3 aromatic rings. The Hall–Kier alpha value is -3.35. The van der Waals surface area contributed by atoms with Crippen LogP contribution in [0.15, 0.2) is 53.1 Å². The Morgan fingerprint density at radius 2 is 1.79 bits per heavy atom. The van der Waals surface area contributed by atoms with Gasteiger partial charge in [0.25, 0.3) is 0 Å². The summed E-state index contributed by atoms with van der Waals surface area (Å²) in [6.07, 6.45) is 5.96. The van der Waals surface area contributed by atoms with Gasteiger partial charge >= 0.3 is 0 Å². The number of hydrogen-bond acceptors (Lipinski definition) is 6. The summed E-state index contributed by atoms with van der Waals surface area (Å²) >= 11 is 0. The molecule has 0 spiro atoms. The first-order chi connectivity index (χ1) is 16.2. The highest BCUT2D eigenvalue weighted by molar-refractivity contribution is 5.79. The summed E-state index contributed by atoms with van der Waals surface area (Å²) in [5, 5.41) is 4.13. The molecule has 0 saturated heterocycles. The Balaban J connectivity index is 1.46. The number of nitrogens with zero attached hydrogens (tertiary/aromatic N) is 3. The lowest BCUT2D eigenvalue weighted by atomic mass is 9.88. The summed E-state index contributed by atoms with van der Waals surface area (Å²) in [6.45, 7) is 1.13. The molecule has 0 N–H and O–H groups in total. The van der Waals surface area contributed by atoms with Crippen LogP contribution in [0, 0.1) is 5.92 Å². The molecule has 0 atom stereocenters. The maximum absolute atomic E-state index is 13.3. The largest absolute Gasteiger partial charge is 0.493 e. The fraction of sp³-hybridized carbons (Fsp3) is 0.423. The number of carbonyl (C=O) groups excluding carboxylic acids is 1. The fourth-order valence-electron chi connectivity index (χ4n) is 4.36. The van der Waals surface area contributed by atoms with Crippen molar-refractivity contribution in [3.63, 3.8) is 0 Å². The quantitative estimate of drug-likeness (QED) is 0.462. The standard InChI is InChI=1S/C26H31N3O4/c1-31-22-14-13-21(17-23(22)32-2)25-27-24(33-28-25)15-16-29(18-19-9-5-3-6-10-19)26(30)20-11-7-4-8-12-20/h3,5-6,9-10,13-14,17,20H,4,7-8,11-12,15-16,18H2,1-2H3. The topological polar surface area (TPSA) is 77.7 Å². The zero-order valence-corrected chi connectivity index (χ0v) is 19.3. The molecule has 1 aromatic heterocycles. The second kappa shape index (κ2) is 11.0. The predicted molar refractivity (Wildman–Crippen MR) is 125 cm³/mol. The molecular weight excluding hydrogens is 418 g/mol. The minimum absolute atomic E-state index is 0.118. The van der Waals surface area contributed by atoms with Crippen LogP contribution in [0.5, 0.6) is 11.5 Å². The van der Waals surface area contributed by atoms with E-state index in [-0.39, 0.29) is 11.8 Å². The molecule has 0 unspecified atom stereocenters. The molecule has 1 aliphatic carbocycles. The van der Waals surface area contributed by atoms with Crippen molar-refractivity contribution in [2.24, 2.45) is 5.92 Å². The second-order valence-corrected chi connectivity index (χ2v) is 8.41. The van der Waals surface area contributed by atoms with E-state index >= 15 is 0 Å². The van der Waals surface area contributed by atoms with E-state index in [0.717, 1.165) is 36.8 Å². The van der Waals surface area contributed by atoms with Gasteiger partial charge in [-0.1, -0.05) is 54.8 Å². The smallest absolute Gasteiger partial charge is 0.228 e. The van der Waals surface area contributed by atoms with Crippen molar-refractivity contribution in [2.75, 3.05) is 20.8 Å². The first-order valence-corrected chi connectivity index (χ1v) is 11.6. The summed E-state index contributed by atoms with van der Waals surface area (Å²) in [7, 11) is 3.19. The third-order valence-electron chi connectivity index (χ3n) is 6.19. The Kier molecular flexibility index (Phi) is 7.60. The predicted octanol–water partition coefficient (Wildman–Crippen LogP) is 4.91. The van der Waals surface area contributed by atoms with Crippen LogP contribution in [0.25, 0.3) is 11.4 Å². The van der Waals surface area contributed by atoms with Gasteiger partial charge in [-0.05, 0) is 36.6 Å². The monoisotopic (exact) mass is 449 g/mol. The van der Waals surface area contributed by atoms with Gasteiger partial charge < -0.3 is 18.9 Å². The van der Waals surface area contributed by atoms with Crippen molar-refractivity contribution in [1.82, 2.24) is 15.0 Å². The number of amides is 1. The van der Waals surface area contributed by atoms with Crippen molar-refractivity contribution in [3.8, 4) is 22.9 Å². The molecule has 2 aromatic carbocycles. The molecule has 7 heteroatoms. The van der Waals surface area contributed by atoms with Crippen molar-refractivity contribution >= 4 is 5.91 Å². The number of aromatic nitrogens is 2. The first kappa shape index (κ1) is 22.8. The molecular formula is C26H31N3O4. The third-order valence-corrected chi connectivity index (χ3v) is 6.19. The third kappa shape index (κ3) is 5.72. The summed E-state index contributed by atoms with van der Waals surface area (Å²) in [5.41, 5.74) is 1.90. The number of carbonyl (C=O) groups is 1. The van der Waals surface area contributed by atoms with E-state index in [4.69, 9.17) is 14.0 Å². The van der Waals surface area contributed by atoms with Crippen LogP contribution in [0.4, 0.5) is 0 Å². The lowest BCUT2D eigenvalue weighted by Gasteiger charge is -2.29. The first-order valence-electron chi connectivity index (χ1n) is 11.6. The summed E-state index contributed by atoms with van der Waals surface area (Å²) < 4.78 is 16.2. The number of hydrogen-bond donors (Lipinski definition) is 0. The second-order valence-electron chi connectivity index (χ2n) is 8.41. The van der Waals surface area contributed by atoms with E-state index in [1.807, 2.05) is 41.3 Å². The van der Waals surface area contributed by atoms with Crippen LogP contribution >= 0.6 is 0 Å². The number of methoxy groups -OCH3 is 2. The molecule has 1 amide bonds. The van der Waals surface area contributed by atoms with Gasteiger partial charge in [-0.15, -0.1) is 0 Å². The Morgan fingerprint density at radius 3 is 2.52 bits per heavy atom. The zero-order valence-electron chi connectivity index (χ0n) is 19.3. The molecule has 0 bridgehead atoms. The molecule has 33 heavy (non-hydrogen) atoms. The van der Waals surface area contributed by atoms with Gasteiger partial charge in [0.2, 0.25) is 17.6 Å². The van der Waals surface area contributed by atoms with Gasteiger partial charge in [-0.25, -0.2) is 0 Å². The highest BCUT2D eigenvalue weighted by Gasteiger charge is 2.26. The van der Waals surface area contributed by atoms with Gasteiger partial charge in [0, 0.05) is 31.0 Å². The average molecular weight is 450 g/mol. The maximum atomic E-state index is 13.3. The van der Waals surface area contributed by atoms with Gasteiger partial charge in [0.1, 0.15) is 0 Å². The van der Waals surface area contributed by atoms with E-state index in [1.54, 1.807) is 14.2 Å². The van der Waals surface area contributed by atoms with Crippen LogP contribution in [-0.4, -0.2) is 41.7 Å². The summed E-state index contributed by atoms with van der Waals surface area (Å²) in [6, 6.07) is 15.6. The van der Waals surface area contributed by atoms with Crippen LogP contribution in [-0.2, 0) is 17.8 Å². The number of rotatable bonds is 9. The lowest BCUT2D eigenvalue weighted by molar-refractivity contribution is -0.137. The highest BCUT2D eigenvalue weighted by Crippen LogP contribution is 2.31. The SMILES string of the molecule is COc1ccc(-c2noc(CCN(Cc3ccccc3)C(=O)C3CCCCC3)n2)cc1OC. The zero-order chi connectivity index (χ0) is 23.0. The summed E-state index contributed by atoms with van der Waals surface area (Å²) in [4.78, 5) is 19.8. The molecule has 1 saturated carbocycles. The molecule has 7 nitrogen and oxygen atoms in total. The van der Waals surface area contributed by atoms with Crippen LogP contribution < -0.4 is 9.47 Å². The summed E-state index contributed by atoms with van der Waals surface area (Å²) in [5.74, 6) is 2.59. The number of ether oxygens (including phenoxy) is 2. The van der Waals surface area contributed by atoms with E-state index in [0.29, 0.717) is 42.7 Å². The highest BCUT2D eigenvalue weighted by atomic mass is 16.5. The Bertz CT molecular complexity index is 1040. The van der Waals surface area contributed by atoms with Gasteiger partial charge in [-0.2, -0.15) is 4.98 Å². The van der Waals surface area contributed by atoms with E-state index in [1.165, 1.54) is 6.42 Å². The molecule has 1 aliphatic rings. The van der Waals surface area contributed by atoms with Crippen molar-refractivity contribution in [1.29, 1.82) is 0 Å². The van der Waals surface area contributed by atoms with E-state index < -0.39 is 0 Å². The molecule has 4 rings (SSSR count). The van der Waals surface area contributed by atoms with Crippen molar-refractivity contribution < 1.29 is 18.8 Å². The fourth-order valence-corrected chi connectivity index (χ4v) is 4.36. The maximum Gasteiger partial charge on any atom is 0.228 e. The molecule has 0 radical (unpaired) electrons. The average Bonchev–Trinajstić information content (AvgIpc) is 3.36.